The summed E-state index contributed by atoms with van der Waals surface area (Å²) >= 11 is 0. The Morgan fingerprint density at radius 1 is 1.09 bits per heavy atom. The van der Waals surface area contributed by atoms with Gasteiger partial charge in [-0.15, -0.1) is 0 Å². The molecule has 0 N–H and O–H groups in total. The fourth-order valence-corrected chi connectivity index (χ4v) is 2.26. The number of hydrogen-bond acceptors (Lipinski definition) is 6. The lowest BCUT2D eigenvalue weighted by Crippen LogP contribution is -2.14. The lowest BCUT2D eigenvalue weighted by atomic mass is 10.1. The molecular formula is C16H14N4O3. The first kappa shape index (κ1) is 14.7. The second-order valence-electron chi connectivity index (χ2n) is 5.11. The molecule has 7 heteroatoms. The van der Waals surface area contributed by atoms with E-state index in [9.17, 15) is 10.1 Å². The summed E-state index contributed by atoms with van der Waals surface area (Å²) in [5.74, 6) is 0.597. The maximum atomic E-state index is 11.4. The van der Waals surface area contributed by atoms with Crippen molar-refractivity contribution in [3.63, 3.8) is 0 Å². The van der Waals surface area contributed by atoms with E-state index >= 15 is 0 Å². The first-order chi connectivity index (χ1) is 11.1. The van der Waals surface area contributed by atoms with Gasteiger partial charge < -0.3 is 9.64 Å². The van der Waals surface area contributed by atoms with Crippen LogP contribution in [0.5, 0.6) is 11.6 Å². The fraction of sp³-hybridized carbons (Fsp3) is 0.125. The molecule has 0 aliphatic heterocycles. The molecule has 116 valence electrons. The van der Waals surface area contributed by atoms with Crippen LogP contribution < -0.4 is 9.64 Å². The van der Waals surface area contributed by atoms with E-state index < -0.39 is 4.92 Å². The van der Waals surface area contributed by atoms with E-state index in [2.05, 4.69) is 9.97 Å². The van der Waals surface area contributed by atoms with Crippen LogP contribution in [0.2, 0.25) is 0 Å². The van der Waals surface area contributed by atoms with Gasteiger partial charge in [-0.1, -0.05) is 30.3 Å². The third kappa shape index (κ3) is 2.89. The number of nitro groups is 1. The number of anilines is 1. The summed E-state index contributed by atoms with van der Waals surface area (Å²) in [6.07, 6.45) is 1.25. The summed E-state index contributed by atoms with van der Waals surface area (Å²) in [6, 6.07) is 13.3. The van der Waals surface area contributed by atoms with Gasteiger partial charge in [0, 0.05) is 14.1 Å². The fourth-order valence-electron chi connectivity index (χ4n) is 2.26. The predicted octanol–water partition coefficient (Wildman–Crippen LogP) is 3.40. The summed E-state index contributed by atoms with van der Waals surface area (Å²) in [4.78, 5) is 20.2. The molecule has 0 saturated heterocycles. The molecule has 0 spiro atoms. The van der Waals surface area contributed by atoms with Crippen LogP contribution >= 0.6 is 0 Å². The Balaban J connectivity index is 2.04. The number of fused-ring (bicyclic) bond motifs is 1. The molecule has 0 saturated carbocycles. The lowest BCUT2D eigenvalue weighted by molar-refractivity contribution is -0.385. The predicted molar refractivity (Wildman–Crippen MR) is 87.0 cm³/mol. The Bertz CT molecular complexity index is 880. The SMILES string of the molecule is CN(C)c1ncnc(Oc2ccc3ccccc3c2)c1[N+](=O)[O-]. The normalized spacial score (nSPS) is 10.5. The smallest absolute Gasteiger partial charge is 0.373 e. The number of hydrogen-bond donors (Lipinski definition) is 0. The van der Waals surface area contributed by atoms with Gasteiger partial charge in [-0.2, -0.15) is 4.98 Å². The standard InChI is InChI=1S/C16H14N4O3/c1-19(2)15-14(20(21)22)16(18-10-17-15)23-13-8-7-11-5-3-4-6-12(11)9-13/h3-10H,1-2H3. The van der Waals surface area contributed by atoms with Crippen LogP contribution in [0.15, 0.2) is 48.8 Å². The minimum Gasteiger partial charge on any atom is -0.434 e. The average molecular weight is 310 g/mol. The van der Waals surface area contributed by atoms with Crippen molar-refractivity contribution < 1.29 is 9.66 Å². The molecule has 0 aliphatic rings. The monoisotopic (exact) mass is 310 g/mol. The molecule has 3 rings (SSSR count). The quantitative estimate of drug-likeness (QED) is 0.542. The molecule has 3 aromatic rings. The Labute approximate surface area is 132 Å². The lowest BCUT2D eigenvalue weighted by Gasteiger charge is -2.13. The molecule has 0 atom stereocenters. The van der Waals surface area contributed by atoms with Crippen LogP contribution in [0.3, 0.4) is 0 Å². The summed E-state index contributed by atoms with van der Waals surface area (Å²) in [5.41, 5.74) is -0.259. The maximum absolute atomic E-state index is 11.4. The molecule has 0 bridgehead atoms. The van der Waals surface area contributed by atoms with Gasteiger partial charge in [0.1, 0.15) is 12.1 Å². The van der Waals surface area contributed by atoms with E-state index in [1.54, 1.807) is 25.1 Å². The molecule has 7 nitrogen and oxygen atoms in total. The Morgan fingerprint density at radius 3 is 2.52 bits per heavy atom. The van der Waals surface area contributed by atoms with Gasteiger partial charge in [0.2, 0.25) is 5.82 Å². The van der Waals surface area contributed by atoms with Gasteiger partial charge in [0.25, 0.3) is 0 Å². The Kier molecular flexibility index (Phi) is 3.76. The first-order valence-electron chi connectivity index (χ1n) is 6.89. The second-order valence-corrected chi connectivity index (χ2v) is 5.11. The molecule has 0 aliphatic carbocycles. The van der Waals surface area contributed by atoms with E-state index in [1.165, 1.54) is 6.33 Å². The Hall–Kier alpha value is -3.22. The molecule has 0 radical (unpaired) electrons. The van der Waals surface area contributed by atoms with Crippen LogP contribution in [0, 0.1) is 10.1 Å². The summed E-state index contributed by atoms with van der Waals surface area (Å²) in [7, 11) is 3.35. The van der Waals surface area contributed by atoms with E-state index in [4.69, 9.17) is 4.74 Å². The van der Waals surface area contributed by atoms with Crippen molar-refractivity contribution in [1.29, 1.82) is 0 Å². The topological polar surface area (TPSA) is 81.4 Å². The van der Waals surface area contributed by atoms with Crippen LogP contribution in [0.25, 0.3) is 10.8 Å². The largest absolute Gasteiger partial charge is 0.434 e. The first-order valence-corrected chi connectivity index (χ1v) is 6.89. The molecule has 1 aromatic heterocycles. The van der Waals surface area contributed by atoms with Crippen LogP contribution in [-0.4, -0.2) is 29.0 Å². The summed E-state index contributed by atoms with van der Waals surface area (Å²) < 4.78 is 5.65. The van der Waals surface area contributed by atoms with Gasteiger partial charge in [0.15, 0.2) is 0 Å². The van der Waals surface area contributed by atoms with Gasteiger partial charge in [-0.25, -0.2) is 4.98 Å². The highest BCUT2D eigenvalue weighted by molar-refractivity contribution is 5.83. The van der Waals surface area contributed by atoms with E-state index in [-0.39, 0.29) is 17.4 Å². The summed E-state index contributed by atoms with van der Waals surface area (Å²) in [6.45, 7) is 0. The average Bonchev–Trinajstić information content (AvgIpc) is 2.54. The third-order valence-corrected chi connectivity index (χ3v) is 3.31. The van der Waals surface area contributed by atoms with Crippen molar-refractivity contribution in [3.8, 4) is 11.6 Å². The van der Waals surface area contributed by atoms with Crippen molar-refractivity contribution in [3.05, 3.63) is 58.9 Å². The minimum atomic E-state index is -0.536. The van der Waals surface area contributed by atoms with Crippen LogP contribution in [0.1, 0.15) is 0 Å². The Morgan fingerprint density at radius 2 is 1.83 bits per heavy atom. The van der Waals surface area contributed by atoms with Gasteiger partial charge in [-0.3, -0.25) is 10.1 Å². The van der Waals surface area contributed by atoms with Crippen LogP contribution in [0.4, 0.5) is 11.5 Å². The molecule has 0 unspecified atom stereocenters. The van der Waals surface area contributed by atoms with Gasteiger partial charge in [-0.05, 0) is 22.9 Å². The molecule has 1 heterocycles. The zero-order chi connectivity index (χ0) is 16.4. The van der Waals surface area contributed by atoms with E-state index in [1.807, 2.05) is 36.4 Å². The van der Waals surface area contributed by atoms with Crippen molar-refractivity contribution in [2.24, 2.45) is 0 Å². The third-order valence-electron chi connectivity index (χ3n) is 3.31. The highest BCUT2D eigenvalue weighted by Crippen LogP contribution is 2.35. The number of aromatic nitrogens is 2. The van der Waals surface area contributed by atoms with E-state index in [0.29, 0.717) is 5.75 Å². The van der Waals surface area contributed by atoms with Gasteiger partial charge in [0.05, 0.1) is 4.92 Å². The number of rotatable bonds is 4. The molecule has 0 amide bonds. The molecule has 2 aromatic carbocycles. The second kappa shape index (κ2) is 5.88. The van der Waals surface area contributed by atoms with Crippen molar-refractivity contribution in [1.82, 2.24) is 9.97 Å². The molecular weight excluding hydrogens is 296 g/mol. The molecule has 0 fully saturated rings. The number of nitrogens with zero attached hydrogens (tertiary/aromatic N) is 4. The van der Waals surface area contributed by atoms with Gasteiger partial charge >= 0.3 is 11.6 Å². The minimum absolute atomic E-state index is 0.0796. The highest BCUT2D eigenvalue weighted by atomic mass is 16.6. The zero-order valence-electron chi connectivity index (χ0n) is 12.6. The molecule has 23 heavy (non-hydrogen) atoms. The van der Waals surface area contributed by atoms with Crippen molar-refractivity contribution in [2.45, 2.75) is 0 Å². The number of ether oxygens (including phenoxy) is 1. The number of benzene rings is 2. The summed E-state index contributed by atoms with van der Waals surface area (Å²) in [5, 5.41) is 13.4. The highest BCUT2D eigenvalue weighted by Gasteiger charge is 2.26. The maximum Gasteiger partial charge on any atom is 0.373 e. The van der Waals surface area contributed by atoms with Crippen molar-refractivity contribution in [2.75, 3.05) is 19.0 Å². The van der Waals surface area contributed by atoms with Crippen LogP contribution in [-0.2, 0) is 0 Å². The zero-order valence-corrected chi connectivity index (χ0v) is 12.6. The van der Waals surface area contributed by atoms with E-state index in [0.717, 1.165) is 10.8 Å². The van der Waals surface area contributed by atoms with Crippen molar-refractivity contribution >= 4 is 22.3 Å².